The maximum absolute atomic E-state index is 13.7. The molecule has 0 aromatic carbocycles. The molecule has 0 amide bonds. The van der Waals surface area contributed by atoms with E-state index in [0.29, 0.717) is 30.1 Å². The minimum absolute atomic E-state index is 0.0996. The first-order valence-corrected chi connectivity index (χ1v) is 16.3. The van der Waals surface area contributed by atoms with Gasteiger partial charge in [0.2, 0.25) is 0 Å². The Hall–Kier alpha value is -4.01. The van der Waals surface area contributed by atoms with Crippen LogP contribution in [0.5, 0.6) is 6.01 Å². The Kier molecular flexibility index (Phi) is 10.0. The van der Waals surface area contributed by atoms with Gasteiger partial charge in [-0.1, -0.05) is 40.7 Å². The maximum Gasteiger partial charge on any atom is 0.316 e. The van der Waals surface area contributed by atoms with Gasteiger partial charge in [-0.15, -0.1) is 0 Å². The average Bonchev–Trinajstić information content (AvgIpc) is 3.47. The van der Waals surface area contributed by atoms with Crippen molar-refractivity contribution in [3.05, 3.63) is 72.0 Å². The lowest BCUT2D eigenvalue weighted by Gasteiger charge is -2.33. The van der Waals surface area contributed by atoms with Gasteiger partial charge in [-0.3, -0.25) is 9.78 Å². The number of hydrogen-bond donors (Lipinski definition) is 0. The summed E-state index contributed by atoms with van der Waals surface area (Å²) in [5.74, 6) is 3.07. The molecule has 0 aliphatic heterocycles. The van der Waals surface area contributed by atoms with Crippen LogP contribution < -0.4 is 4.74 Å². The highest BCUT2D eigenvalue weighted by molar-refractivity contribution is 5.85. The van der Waals surface area contributed by atoms with Crippen LogP contribution in [-0.4, -0.2) is 47.6 Å². The number of aryl methyl sites for hydroxylation is 1. The highest BCUT2D eigenvalue weighted by atomic mass is 16.5. The molecular formula is C36H47N7O2. The quantitative estimate of drug-likeness (QED) is 0.175. The number of carbonyl (C=O) groups is 1. The molecule has 1 unspecified atom stereocenters. The number of nitrogens with zero attached hydrogens (tertiary/aromatic N) is 7. The van der Waals surface area contributed by atoms with Crippen molar-refractivity contribution in [2.45, 2.75) is 97.8 Å². The average molecular weight is 610 g/mol. The van der Waals surface area contributed by atoms with Gasteiger partial charge in [0.05, 0.1) is 24.4 Å². The minimum Gasteiger partial charge on any atom is -0.467 e. The predicted octanol–water partition coefficient (Wildman–Crippen LogP) is 7.27. The van der Waals surface area contributed by atoms with Crippen LogP contribution in [0.15, 0.2) is 49.2 Å². The number of aromatic nitrogens is 7. The lowest BCUT2D eigenvalue weighted by molar-refractivity contribution is -0.122. The van der Waals surface area contributed by atoms with E-state index in [1.54, 1.807) is 19.5 Å². The summed E-state index contributed by atoms with van der Waals surface area (Å²) in [6.07, 6.45) is 15.6. The maximum atomic E-state index is 13.7. The molecule has 1 aliphatic rings. The van der Waals surface area contributed by atoms with Gasteiger partial charge in [-0.05, 0) is 74.3 Å². The van der Waals surface area contributed by atoms with Gasteiger partial charge in [-0.2, -0.15) is 5.10 Å². The van der Waals surface area contributed by atoms with Crippen LogP contribution in [0.4, 0.5) is 0 Å². The fourth-order valence-corrected chi connectivity index (χ4v) is 6.31. The topological polar surface area (TPSA) is 109 Å². The van der Waals surface area contributed by atoms with Gasteiger partial charge in [0, 0.05) is 60.5 Å². The Labute approximate surface area is 267 Å². The van der Waals surface area contributed by atoms with Crippen LogP contribution in [0.25, 0.3) is 16.9 Å². The van der Waals surface area contributed by atoms with Crippen LogP contribution in [0.2, 0.25) is 0 Å². The summed E-state index contributed by atoms with van der Waals surface area (Å²) >= 11 is 0. The molecular weight excluding hydrogens is 562 g/mol. The Bertz CT molecular complexity index is 1560. The van der Waals surface area contributed by atoms with Crippen molar-refractivity contribution >= 4 is 5.78 Å². The van der Waals surface area contributed by atoms with Gasteiger partial charge in [0.1, 0.15) is 11.6 Å². The van der Waals surface area contributed by atoms with Crippen LogP contribution in [0.3, 0.4) is 0 Å². The third kappa shape index (κ3) is 7.99. The van der Waals surface area contributed by atoms with E-state index in [2.05, 4.69) is 49.7 Å². The largest absolute Gasteiger partial charge is 0.467 e. The summed E-state index contributed by atoms with van der Waals surface area (Å²) in [6, 6.07) is 6.38. The fourth-order valence-electron chi connectivity index (χ4n) is 6.31. The van der Waals surface area contributed by atoms with Crippen molar-refractivity contribution in [3.63, 3.8) is 0 Å². The smallest absolute Gasteiger partial charge is 0.316 e. The number of carbonyl (C=O) groups excluding carboxylic acids is 1. The number of pyridine rings is 1. The third-order valence-electron chi connectivity index (χ3n) is 8.96. The molecule has 4 heterocycles. The lowest BCUT2D eigenvalue weighted by atomic mass is 9.71. The van der Waals surface area contributed by atoms with Gasteiger partial charge in [0.25, 0.3) is 0 Å². The van der Waals surface area contributed by atoms with Crippen LogP contribution >= 0.6 is 0 Å². The molecule has 1 atom stereocenters. The Morgan fingerprint density at radius 2 is 1.67 bits per heavy atom. The second-order valence-corrected chi connectivity index (χ2v) is 14.0. The zero-order chi connectivity index (χ0) is 32.1. The number of ether oxygens (including phenoxy) is 1. The van der Waals surface area contributed by atoms with Gasteiger partial charge in [-0.25, -0.2) is 24.6 Å². The standard InChI is InChI=1S/C36H47N7O2/c1-23(2)8-15-31(44)33(30-14-13-27(19-37-30)28-20-39-35(45-7)40-21-28)26-11-9-25(10-12-26)18-32-38-22-29(36(4,5)6)34(41-32)43-17-16-24(3)42-43/h13-14,16-17,19-23,25-26,33H,8-12,15,18H2,1-7H3. The van der Waals surface area contributed by atoms with E-state index in [-0.39, 0.29) is 17.3 Å². The second-order valence-electron chi connectivity index (χ2n) is 14.0. The molecule has 4 aromatic heterocycles. The molecule has 0 spiro atoms. The summed E-state index contributed by atoms with van der Waals surface area (Å²) < 4.78 is 6.97. The molecule has 9 heteroatoms. The molecule has 45 heavy (non-hydrogen) atoms. The minimum atomic E-state index is -0.192. The van der Waals surface area contributed by atoms with E-state index in [4.69, 9.17) is 19.7 Å². The van der Waals surface area contributed by atoms with Gasteiger partial charge < -0.3 is 4.74 Å². The molecule has 238 valence electrons. The first kappa shape index (κ1) is 32.4. The molecule has 1 fully saturated rings. The molecule has 5 rings (SSSR count). The summed E-state index contributed by atoms with van der Waals surface area (Å²) in [6.45, 7) is 12.9. The number of Topliss-reactive ketones (excluding diaryl/α,β-unsaturated/α-hetero) is 1. The zero-order valence-electron chi connectivity index (χ0n) is 27.8. The number of ketones is 1. The molecule has 0 bridgehead atoms. The molecule has 0 radical (unpaired) electrons. The third-order valence-corrected chi connectivity index (χ3v) is 8.96. The van der Waals surface area contributed by atoms with Crippen molar-refractivity contribution in [2.75, 3.05) is 7.11 Å². The number of hydrogen-bond acceptors (Lipinski definition) is 8. The van der Waals surface area contributed by atoms with Crippen LogP contribution in [-0.2, 0) is 16.6 Å². The predicted molar refractivity (Wildman–Crippen MR) is 175 cm³/mol. The molecule has 4 aromatic rings. The Balaban J connectivity index is 1.30. The van der Waals surface area contributed by atoms with Crippen molar-refractivity contribution in [3.8, 4) is 23.0 Å². The van der Waals surface area contributed by atoms with E-state index in [9.17, 15) is 4.79 Å². The van der Waals surface area contributed by atoms with Gasteiger partial charge >= 0.3 is 6.01 Å². The summed E-state index contributed by atoms with van der Waals surface area (Å²) in [5.41, 5.74) is 4.59. The van der Waals surface area contributed by atoms with Crippen molar-refractivity contribution in [2.24, 2.45) is 17.8 Å². The molecule has 0 N–H and O–H groups in total. The molecule has 1 saturated carbocycles. The van der Waals surface area contributed by atoms with Crippen molar-refractivity contribution in [1.29, 1.82) is 0 Å². The van der Waals surface area contributed by atoms with Crippen LogP contribution in [0.1, 0.15) is 102 Å². The fraction of sp³-hybridized carbons (Fsp3) is 0.528. The SMILES string of the molecule is COc1ncc(-c2ccc(C(C(=O)CCC(C)C)C3CCC(Cc4ncc(C(C)(C)C)c(-n5ccc(C)n5)n4)CC3)nc2)cn1. The normalized spacial score (nSPS) is 17.8. The van der Waals surface area contributed by atoms with Crippen molar-refractivity contribution < 1.29 is 9.53 Å². The van der Waals surface area contributed by atoms with Gasteiger partial charge in [0.15, 0.2) is 5.82 Å². The molecule has 9 nitrogen and oxygen atoms in total. The first-order chi connectivity index (χ1) is 21.5. The zero-order valence-corrected chi connectivity index (χ0v) is 27.8. The first-order valence-electron chi connectivity index (χ1n) is 16.3. The van der Waals surface area contributed by atoms with E-state index >= 15 is 0 Å². The van der Waals surface area contributed by atoms with Crippen LogP contribution in [0, 0.1) is 24.7 Å². The highest BCUT2D eigenvalue weighted by Gasteiger charge is 2.34. The van der Waals surface area contributed by atoms with E-state index in [0.717, 1.165) is 78.2 Å². The Morgan fingerprint density at radius 1 is 0.956 bits per heavy atom. The molecule has 0 saturated heterocycles. The van der Waals surface area contributed by atoms with Crippen molar-refractivity contribution in [1.82, 2.24) is 34.7 Å². The summed E-state index contributed by atoms with van der Waals surface area (Å²) in [4.78, 5) is 36.9. The Morgan fingerprint density at radius 3 is 2.24 bits per heavy atom. The summed E-state index contributed by atoms with van der Waals surface area (Å²) in [7, 11) is 1.55. The lowest BCUT2D eigenvalue weighted by Crippen LogP contribution is -2.28. The highest BCUT2D eigenvalue weighted by Crippen LogP contribution is 2.40. The number of rotatable bonds is 11. The van der Waals surface area contributed by atoms with E-state index < -0.39 is 0 Å². The van der Waals surface area contributed by atoms with E-state index in [1.807, 2.05) is 48.4 Å². The summed E-state index contributed by atoms with van der Waals surface area (Å²) in [5, 5.41) is 4.65. The van der Waals surface area contributed by atoms with E-state index in [1.165, 1.54) is 0 Å². The molecule has 1 aliphatic carbocycles. The monoisotopic (exact) mass is 609 g/mol. The number of methoxy groups -OCH3 is 1. The second kappa shape index (κ2) is 14.0.